The second-order valence-electron chi connectivity index (χ2n) is 6.59. The maximum absolute atomic E-state index is 12.9. The third kappa shape index (κ3) is 3.46. The Bertz CT molecular complexity index is 1320. The second kappa shape index (κ2) is 7.27. The van der Waals surface area contributed by atoms with Crippen molar-refractivity contribution in [2.24, 2.45) is 0 Å². The van der Waals surface area contributed by atoms with Crippen molar-refractivity contribution in [3.63, 3.8) is 0 Å². The van der Waals surface area contributed by atoms with Gasteiger partial charge in [0, 0.05) is 17.0 Å². The summed E-state index contributed by atoms with van der Waals surface area (Å²) in [6, 6.07) is 19.6. The maximum Gasteiger partial charge on any atom is 0.256 e. The van der Waals surface area contributed by atoms with E-state index in [2.05, 4.69) is 10.4 Å². The van der Waals surface area contributed by atoms with E-state index in [0.29, 0.717) is 11.4 Å². The molecule has 0 bridgehead atoms. The van der Waals surface area contributed by atoms with Gasteiger partial charge in [-0.3, -0.25) is 4.79 Å². The minimum Gasteiger partial charge on any atom is -0.306 e. The van der Waals surface area contributed by atoms with Crippen LogP contribution in [0.1, 0.15) is 16.1 Å². The van der Waals surface area contributed by atoms with Crippen LogP contribution in [0.3, 0.4) is 0 Å². The molecule has 2 aromatic carbocycles. The minimum atomic E-state index is -0.174. The number of hydrogen-bond donors (Lipinski definition) is 1. The summed E-state index contributed by atoms with van der Waals surface area (Å²) in [7, 11) is 0. The van der Waals surface area contributed by atoms with E-state index in [-0.39, 0.29) is 5.91 Å². The zero-order valence-corrected chi connectivity index (χ0v) is 17.1. The maximum atomic E-state index is 12.9. The highest BCUT2D eigenvalue weighted by Crippen LogP contribution is 2.29. The van der Waals surface area contributed by atoms with E-state index in [1.807, 2.05) is 78.3 Å². The van der Waals surface area contributed by atoms with Gasteiger partial charge in [-0.05, 0) is 41.3 Å². The zero-order valence-electron chi connectivity index (χ0n) is 15.5. The largest absolute Gasteiger partial charge is 0.306 e. The number of carbonyl (C=O) groups excluding carboxylic acids is 1. The fraction of sp³-hybridized carbons (Fsp3) is 0.0455. The molecule has 5 aromatic rings. The number of nitrogens with one attached hydrogen (secondary N) is 1. The molecule has 0 fully saturated rings. The van der Waals surface area contributed by atoms with E-state index >= 15 is 0 Å². The summed E-state index contributed by atoms with van der Waals surface area (Å²) in [5.74, 6) is 0.430. The van der Waals surface area contributed by atoms with Gasteiger partial charge in [0.25, 0.3) is 5.91 Å². The number of rotatable bonds is 4. The molecule has 0 aliphatic rings. The van der Waals surface area contributed by atoms with Crippen molar-refractivity contribution in [2.45, 2.75) is 6.92 Å². The summed E-state index contributed by atoms with van der Waals surface area (Å²) >= 11 is 3.15. The molecule has 5 nitrogen and oxygen atoms in total. The molecule has 1 amide bonds. The second-order valence-corrected chi connectivity index (χ2v) is 8.38. The number of anilines is 1. The molecule has 3 aromatic heterocycles. The van der Waals surface area contributed by atoms with Crippen LogP contribution in [0.15, 0.2) is 71.4 Å². The van der Waals surface area contributed by atoms with Crippen LogP contribution in [0.25, 0.3) is 26.5 Å². The standard InChI is InChI=1S/C22H16N4OS2/c1-14-11-20(24-21(27)17-9-8-15-5-2-3-6-16(15)12-17)26(25-14)22-23-18(13-29-22)19-7-4-10-28-19/h2-13H,1H3,(H,24,27). The van der Waals surface area contributed by atoms with E-state index < -0.39 is 0 Å². The lowest BCUT2D eigenvalue weighted by Gasteiger charge is -2.07. The SMILES string of the molecule is Cc1cc(NC(=O)c2ccc3ccccc3c2)n(-c2nc(-c3cccs3)cs2)n1. The predicted molar refractivity (Wildman–Crippen MR) is 119 cm³/mol. The van der Waals surface area contributed by atoms with Gasteiger partial charge in [0.15, 0.2) is 0 Å². The summed E-state index contributed by atoms with van der Waals surface area (Å²) in [5, 5.41) is 14.4. The average molecular weight is 417 g/mol. The van der Waals surface area contributed by atoms with Gasteiger partial charge in [-0.1, -0.05) is 36.4 Å². The summed E-state index contributed by atoms with van der Waals surface area (Å²) in [5.41, 5.74) is 2.33. The van der Waals surface area contributed by atoms with Crippen molar-refractivity contribution < 1.29 is 4.79 Å². The number of fused-ring (bicyclic) bond motifs is 1. The van der Waals surface area contributed by atoms with Crippen LogP contribution in [-0.4, -0.2) is 20.7 Å². The molecule has 0 spiro atoms. The van der Waals surface area contributed by atoms with Crippen molar-refractivity contribution >= 4 is 45.2 Å². The molecule has 1 N–H and O–H groups in total. The molecule has 0 aliphatic carbocycles. The van der Waals surface area contributed by atoms with Gasteiger partial charge in [0.1, 0.15) is 5.82 Å². The number of aryl methyl sites for hydroxylation is 1. The van der Waals surface area contributed by atoms with E-state index in [1.54, 1.807) is 16.0 Å². The Hall–Kier alpha value is -3.29. The quantitative estimate of drug-likeness (QED) is 0.404. The van der Waals surface area contributed by atoms with Crippen molar-refractivity contribution in [2.75, 3.05) is 5.32 Å². The van der Waals surface area contributed by atoms with Gasteiger partial charge in [-0.15, -0.1) is 22.7 Å². The first-order valence-electron chi connectivity index (χ1n) is 9.04. The fourth-order valence-corrected chi connectivity index (χ4v) is 4.70. The third-order valence-electron chi connectivity index (χ3n) is 4.53. The number of thiazole rings is 1. The number of aromatic nitrogens is 3. The molecule has 5 rings (SSSR count). The van der Waals surface area contributed by atoms with E-state index in [9.17, 15) is 4.79 Å². The highest BCUT2D eigenvalue weighted by atomic mass is 32.1. The summed E-state index contributed by atoms with van der Waals surface area (Å²) in [4.78, 5) is 18.7. The Morgan fingerprint density at radius 2 is 1.86 bits per heavy atom. The molecule has 0 saturated heterocycles. The molecular weight excluding hydrogens is 400 g/mol. The predicted octanol–water partition coefficient (Wildman–Crippen LogP) is 5.77. The third-order valence-corrected chi connectivity index (χ3v) is 6.24. The number of amides is 1. The lowest BCUT2D eigenvalue weighted by Crippen LogP contribution is -2.15. The molecule has 3 heterocycles. The fourth-order valence-electron chi connectivity index (χ4n) is 3.15. The van der Waals surface area contributed by atoms with Crippen LogP contribution >= 0.6 is 22.7 Å². The van der Waals surface area contributed by atoms with Gasteiger partial charge < -0.3 is 5.32 Å². The van der Waals surface area contributed by atoms with E-state index in [4.69, 9.17) is 4.98 Å². The summed E-state index contributed by atoms with van der Waals surface area (Å²) in [6.45, 7) is 1.90. The Balaban J connectivity index is 1.45. The van der Waals surface area contributed by atoms with Gasteiger partial charge in [-0.25, -0.2) is 4.98 Å². The Morgan fingerprint density at radius 1 is 1.00 bits per heavy atom. The van der Waals surface area contributed by atoms with Crippen molar-refractivity contribution in [1.82, 2.24) is 14.8 Å². The zero-order chi connectivity index (χ0) is 19.8. The lowest BCUT2D eigenvalue weighted by molar-refractivity contribution is 0.102. The normalized spacial score (nSPS) is 11.1. The first-order valence-corrected chi connectivity index (χ1v) is 10.8. The molecule has 0 aliphatic heterocycles. The van der Waals surface area contributed by atoms with Crippen LogP contribution in [0.5, 0.6) is 0 Å². The first kappa shape index (κ1) is 17.8. The van der Waals surface area contributed by atoms with Crippen LogP contribution in [0.4, 0.5) is 5.82 Å². The lowest BCUT2D eigenvalue weighted by atomic mass is 10.1. The molecule has 7 heteroatoms. The van der Waals surface area contributed by atoms with Crippen molar-refractivity contribution in [3.8, 4) is 15.7 Å². The number of hydrogen-bond acceptors (Lipinski definition) is 5. The molecule has 142 valence electrons. The first-order chi connectivity index (χ1) is 14.2. The van der Waals surface area contributed by atoms with Gasteiger partial charge in [0.2, 0.25) is 5.13 Å². The number of nitrogens with zero attached hydrogens (tertiary/aromatic N) is 3. The van der Waals surface area contributed by atoms with Crippen molar-refractivity contribution in [3.05, 3.63) is 82.7 Å². The van der Waals surface area contributed by atoms with E-state index in [1.165, 1.54) is 11.3 Å². The Kier molecular flexibility index (Phi) is 4.46. The molecule has 29 heavy (non-hydrogen) atoms. The Labute approximate surface area is 175 Å². The molecule has 0 atom stereocenters. The number of benzene rings is 2. The number of carbonyl (C=O) groups is 1. The van der Waals surface area contributed by atoms with Crippen LogP contribution < -0.4 is 5.32 Å². The van der Waals surface area contributed by atoms with Gasteiger partial charge in [-0.2, -0.15) is 9.78 Å². The van der Waals surface area contributed by atoms with Crippen LogP contribution in [0, 0.1) is 6.92 Å². The van der Waals surface area contributed by atoms with Crippen LogP contribution in [-0.2, 0) is 0 Å². The van der Waals surface area contributed by atoms with Gasteiger partial charge >= 0.3 is 0 Å². The number of thiophene rings is 1. The van der Waals surface area contributed by atoms with E-state index in [0.717, 1.165) is 32.2 Å². The monoisotopic (exact) mass is 416 g/mol. The van der Waals surface area contributed by atoms with Gasteiger partial charge in [0.05, 0.1) is 16.3 Å². The average Bonchev–Trinajstić information content (AvgIpc) is 3.48. The Morgan fingerprint density at radius 3 is 2.69 bits per heavy atom. The molecular formula is C22H16N4OS2. The molecule has 0 saturated carbocycles. The van der Waals surface area contributed by atoms with Crippen molar-refractivity contribution in [1.29, 1.82) is 0 Å². The topological polar surface area (TPSA) is 59.8 Å². The smallest absolute Gasteiger partial charge is 0.256 e. The molecule has 0 radical (unpaired) electrons. The molecule has 0 unspecified atom stereocenters. The van der Waals surface area contributed by atoms with Crippen LogP contribution in [0.2, 0.25) is 0 Å². The summed E-state index contributed by atoms with van der Waals surface area (Å²) in [6.07, 6.45) is 0. The highest BCUT2D eigenvalue weighted by molar-refractivity contribution is 7.15. The summed E-state index contributed by atoms with van der Waals surface area (Å²) < 4.78 is 1.69. The minimum absolute atomic E-state index is 0.174. The highest BCUT2D eigenvalue weighted by Gasteiger charge is 2.16.